The Morgan fingerprint density at radius 2 is 1.68 bits per heavy atom. The molecular formula is C25H26F3N3. The van der Waals surface area contributed by atoms with E-state index in [1.165, 1.54) is 0 Å². The molecule has 0 aliphatic heterocycles. The molecule has 0 N–H and O–H groups in total. The molecule has 4 aromatic rings. The third kappa shape index (κ3) is 4.44. The van der Waals surface area contributed by atoms with Gasteiger partial charge in [-0.3, -0.25) is 0 Å². The molecule has 3 aromatic carbocycles. The van der Waals surface area contributed by atoms with Crippen LogP contribution in [-0.2, 0) is 19.1 Å². The summed E-state index contributed by atoms with van der Waals surface area (Å²) in [5.41, 5.74) is 1.60. The molecule has 162 valence electrons. The minimum atomic E-state index is -4.38. The maximum Gasteiger partial charge on any atom is 0.416 e. The Balaban J connectivity index is 1.78. The number of rotatable bonds is 7. The smallest absolute Gasteiger partial charge is 0.326 e. The highest BCUT2D eigenvalue weighted by atomic mass is 19.4. The molecule has 0 radical (unpaired) electrons. The molecule has 0 saturated carbocycles. The Bertz CT molecular complexity index is 1180. The standard InChI is InChI=1S/C25H26F3N3/c1-3-30(4-2)14-15-31-23-13-12-20(25(26,27)28)17-22(23)29-24(31)16-19-10-7-9-18-8-5-6-11-21(18)19/h5-13,17H,3-4,14-16H2,1-2H3. The molecule has 0 atom stereocenters. The molecule has 0 saturated heterocycles. The monoisotopic (exact) mass is 425 g/mol. The SMILES string of the molecule is CCN(CC)CCn1c(Cc2cccc3ccccc23)nc2cc(C(F)(F)F)ccc21. The number of aromatic nitrogens is 2. The van der Waals surface area contributed by atoms with Crippen molar-refractivity contribution in [3.8, 4) is 0 Å². The Hall–Kier alpha value is -2.86. The maximum atomic E-state index is 13.2. The van der Waals surface area contributed by atoms with E-state index in [9.17, 15) is 13.2 Å². The second-order valence-electron chi connectivity index (χ2n) is 7.72. The van der Waals surface area contributed by atoms with Crippen molar-refractivity contribution in [1.82, 2.24) is 14.5 Å². The van der Waals surface area contributed by atoms with Gasteiger partial charge in [0.2, 0.25) is 0 Å². The number of imidazole rings is 1. The molecule has 1 heterocycles. The first-order valence-corrected chi connectivity index (χ1v) is 10.7. The maximum absolute atomic E-state index is 13.2. The second-order valence-corrected chi connectivity index (χ2v) is 7.72. The lowest BCUT2D eigenvalue weighted by Crippen LogP contribution is -2.27. The van der Waals surface area contributed by atoms with Crippen LogP contribution in [0.5, 0.6) is 0 Å². The van der Waals surface area contributed by atoms with Crippen molar-refractivity contribution in [2.24, 2.45) is 0 Å². The van der Waals surface area contributed by atoms with E-state index in [1.54, 1.807) is 6.07 Å². The number of alkyl halides is 3. The van der Waals surface area contributed by atoms with Crippen molar-refractivity contribution in [2.75, 3.05) is 19.6 Å². The van der Waals surface area contributed by atoms with Crippen LogP contribution in [0.4, 0.5) is 13.2 Å². The van der Waals surface area contributed by atoms with E-state index in [0.717, 1.165) is 59.4 Å². The molecule has 0 amide bonds. The molecule has 4 rings (SSSR count). The lowest BCUT2D eigenvalue weighted by Gasteiger charge is -2.19. The third-order valence-corrected chi connectivity index (χ3v) is 5.92. The predicted molar refractivity (Wildman–Crippen MR) is 119 cm³/mol. The number of fused-ring (bicyclic) bond motifs is 2. The molecule has 0 aliphatic rings. The first-order chi connectivity index (χ1) is 14.9. The number of halogens is 3. The van der Waals surface area contributed by atoms with Crippen LogP contribution in [0.1, 0.15) is 30.8 Å². The van der Waals surface area contributed by atoms with E-state index < -0.39 is 11.7 Å². The van der Waals surface area contributed by atoms with E-state index in [0.29, 0.717) is 18.5 Å². The topological polar surface area (TPSA) is 21.1 Å². The molecule has 0 bridgehead atoms. The van der Waals surface area contributed by atoms with Crippen LogP contribution < -0.4 is 0 Å². The van der Waals surface area contributed by atoms with Crippen molar-refractivity contribution in [3.63, 3.8) is 0 Å². The summed E-state index contributed by atoms with van der Waals surface area (Å²) in [6.45, 7) is 7.59. The highest BCUT2D eigenvalue weighted by molar-refractivity contribution is 5.86. The Labute approximate surface area is 180 Å². The van der Waals surface area contributed by atoms with Gasteiger partial charge in [0.05, 0.1) is 16.6 Å². The van der Waals surface area contributed by atoms with E-state index in [4.69, 9.17) is 0 Å². The molecule has 0 aliphatic carbocycles. The zero-order valence-electron chi connectivity index (χ0n) is 17.8. The van der Waals surface area contributed by atoms with E-state index in [1.807, 2.05) is 18.2 Å². The summed E-state index contributed by atoms with van der Waals surface area (Å²) in [5, 5.41) is 2.29. The average molecular weight is 425 g/mol. The largest absolute Gasteiger partial charge is 0.416 e. The second kappa shape index (κ2) is 8.71. The van der Waals surface area contributed by atoms with Gasteiger partial charge < -0.3 is 9.47 Å². The summed E-state index contributed by atoms with van der Waals surface area (Å²) in [6, 6.07) is 18.2. The molecule has 0 spiro atoms. The number of nitrogens with zero attached hydrogens (tertiary/aromatic N) is 3. The van der Waals surface area contributed by atoms with E-state index in [2.05, 4.69) is 52.6 Å². The van der Waals surface area contributed by atoms with Crippen LogP contribution >= 0.6 is 0 Å². The molecular weight excluding hydrogens is 399 g/mol. The van der Waals surface area contributed by atoms with Crippen LogP contribution in [0.3, 0.4) is 0 Å². The van der Waals surface area contributed by atoms with Crippen LogP contribution in [0.25, 0.3) is 21.8 Å². The summed E-state index contributed by atoms with van der Waals surface area (Å²) in [5.74, 6) is 0.790. The summed E-state index contributed by atoms with van der Waals surface area (Å²) < 4.78 is 41.8. The van der Waals surface area contributed by atoms with Gasteiger partial charge in [0, 0.05) is 19.5 Å². The van der Waals surface area contributed by atoms with Crippen LogP contribution in [0.2, 0.25) is 0 Å². The van der Waals surface area contributed by atoms with Gasteiger partial charge in [0.25, 0.3) is 0 Å². The summed E-state index contributed by atoms with van der Waals surface area (Å²) in [6.07, 6.45) is -3.81. The van der Waals surface area contributed by atoms with E-state index >= 15 is 0 Å². The van der Waals surface area contributed by atoms with Crippen LogP contribution in [-0.4, -0.2) is 34.1 Å². The van der Waals surface area contributed by atoms with Crippen molar-refractivity contribution in [3.05, 3.63) is 77.6 Å². The number of benzene rings is 3. The normalized spacial score (nSPS) is 12.3. The van der Waals surface area contributed by atoms with Crippen LogP contribution in [0, 0.1) is 0 Å². The first-order valence-electron chi connectivity index (χ1n) is 10.7. The summed E-state index contributed by atoms with van der Waals surface area (Å²) in [4.78, 5) is 6.97. The molecule has 6 heteroatoms. The first kappa shape index (κ1) is 21.4. The fourth-order valence-corrected chi connectivity index (χ4v) is 4.14. The number of hydrogen-bond donors (Lipinski definition) is 0. The van der Waals surface area contributed by atoms with Gasteiger partial charge >= 0.3 is 6.18 Å². The molecule has 0 unspecified atom stereocenters. The number of likely N-dealkylation sites (N-methyl/N-ethyl adjacent to an activating group) is 1. The molecule has 0 fully saturated rings. The van der Waals surface area contributed by atoms with Gasteiger partial charge in [-0.2, -0.15) is 13.2 Å². The molecule has 31 heavy (non-hydrogen) atoms. The minimum Gasteiger partial charge on any atom is -0.326 e. The van der Waals surface area contributed by atoms with Crippen molar-refractivity contribution < 1.29 is 13.2 Å². The Morgan fingerprint density at radius 1 is 0.935 bits per heavy atom. The van der Waals surface area contributed by atoms with Gasteiger partial charge in [-0.15, -0.1) is 0 Å². The predicted octanol–water partition coefficient (Wildman–Crippen LogP) is 6.14. The quantitative estimate of drug-likeness (QED) is 0.355. The lowest BCUT2D eigenvalue weighted by molar-refractivity contribution is -0.137. The van der Waals surface area contributed by atoms with Crippen LogP contribution in [0.15, 0.2) is 60.7 Å². The van der Waals surface area contributed by atoms with Crippen molar-refractivity contribution in [1.29, 1.82) is 0 Å². The third-order valence-electron chi connectivity index (χ3n) is 5.92. The van der Waals surface area contributed by atoms with Gasteiger partial charge in [0.15, 0.2) is 0 Å². The van der Waals surface area contributed by atoms with Gasteiger partial charge in [0.1, 0.15) is 5.82 Å². The minimum absolute atomic E-state index is 0.393. The van der Waals surface area contributed by atoms with Gasteiger partial charge in [-0.1, -0.05) is 56.3 Å². The van der Waals surface area contributed by atoms with Crippen molar-refractivity contribution in [2.45, 2.75) is 33.0 Å². The molecule has 3 nitrogen and oxygen atoms in total. The number of hydrogen-bond acceptors (Lipinski definition) is 2. The fourth-order valence-electron chi connectivity index (χ4n) is 4.14. The van der Waals surface area contributed by atoms with Gasteiger partial charge in [-0.05, 0) is 47.6 Å². The van der Waals surface area contributed by atoms with Gasteiger partial charge in [-0.25, -0.2) is 4.98 Å². The summed E-state index contributed by atoms with van der Waals surface area (Å²) >= 11 is 0. The highest BCUT2D eigenvalue weighted by Gasteiger charge is 2.31. The Morgan fingerprint density at radius 3 is 2.42 bits per heavy atom. The molecule has 1 aromatic heterocycles. The zero-order chi connectivity index (χ0) is 22.0. The lowest BCUT2D eigenvalue weighted by atomic mass is 10.0. The fraction of sp³-hybridized carbons (Fsp3) is 0.320. The van der Waals surface area contributed by atoms with Crippen molar-refractivity contribution >= 4 is 21.8 Å². The average Bonchev–Trinajstić information content (AvgIpc) is 3.10. The zero-order valence-corrected chi connectivity index (χ0v) is 17.8. The van der Waals surface area contributed by atoms with E-state index in [-0.39, 0.29) is 0 Å². The summed E-state index contributed by atoms with van der Waals surface area (Å²) in [7, 11) is 0. The Kier molecular flexibility index (Phi) is 6.01. The highest BCUT2D eigenvalue weighted by Crippen LogP contribution is 2.32.